The Bertz CT molecular complexity index is 693. The molecule has 1 atom stereocenters. The first-order valence-corrected chi connectivity index (χ1v) is 6.87. The van der Waals surface area contributed by atoms with E-state index in [1.807, 2.05) is 30.3 Å². The SMILES string of the molecule is O=C1CC(C(F)(F)F)c2cc(Cc3ccccc3)ccc2O1. The lowest BCUT2D eigenvalue weighted by Crippen LogP contribution is -2.30. The lowest BCUT2D eigenvalue weighted by Gasteiger charge is -2.26. The van der Waals surface area contributed by atoms with E-state index in [0.29, 0.717) is 6.42 Å². The number of halogens is 3. The molecule has 2 aromatic carbocycles. The van der Waals surface area contributed by atoms with Gasteiger partial charge in [0.05, 0.1) is 12.3 Å². The fraction of sp³-hybridized carbons (Fsp3) is 0.235. The molecule has 5 heteroatoms. The summed E-state index contributed by atoms with van der Waals surface area (Å²) in [5, 5.41) is 0. The second kappa shape index (κ2) is 5.48. The zero-order chi connectivity index (χ0) is 15.7. The summed E-state index contributed by atoms with van der Waals surface area (Å²) < 4.78 is 44.4. The predicted octanol–water partition coefficient (Wildman–Crippen LogP) is 4.23. The van der Waals surface area contributed by atoms with E-state index < -0.39 is 24.5 Å². The first kappa shape index (κ1) is 14.6. The molecule has 1 aliphatic heterocycles. The molecule has 114 valence electrons. The van der Waals surface area contributed by atoms with Crippen molar-refractivity contribution < 1.29 is 22.7 Å². The summed E-state index contributed by atoms with van der Waals surface area (Å²) >= 11 is 0. The molecule has 2 aromatic rings. The van der Waals surface area contributed by atoms with Crippen LogP contribution in [0, 0.1) is 0 Å². The molecule has 0 saturated carbocycles. The molecule has 1 heterocycles. The number of hydrogen-bond donors (Lipinski definition) is 0. The van der Waals surface area contributed by atoms with Gasteiger partial charge in [0.1, 0.15) is 5.75 Å². The minimum absolute atomic E-state index is 0.00962. The number of ether oxygens (including phenoxy) is 1. The van der Waals surface area contributed by atoms with Crippen LogP contribution in [-0.4, -0.2) is 12.1 Å². The minimum Gasteiger partial charge on any atom is -0.426 e. The van der Waals surface area contributed by atoms with Crippen LogP contribution in [0.4, 0.5) is 13.2 Å². The Balaban J connectivity index is 1.96. The van der Waals surface area contributed by atoms with Crippen LogP contribution in [0.3, 0.4) is 0 Å². The topological polar surface area (TPSA) is 26.3 Å². The highest BCUT2D eigenvalue weighted by Gasteiger charge is 2.46. The van der Waals surface area contributed by atoms with Crippen LogP contribution < -0.4 is 4.74 Å². The molecule has 0 aromatic heterocycles. The van der Waals surface area contributed by atoms with Crippen molar-refractivity contribution in [1.29, 1.82) is 0 Å². The van der Waals surface area contributed by atoms with E-state index in [4.69, 9.17) is 4.74 Å². The summed E-state index contributed by atoms with van der Waals surface area (Å²) in [5.74, 6) is -2.62. The fourth-order valence-electron chi connectivity index (χ4n) is 2.64. The van der Waals surface area contributed by atoms with Crippen LogP contribution in [-0.2, 0) is 11.2 Å². The van der Waals surface area contributed by atoms with E-state index in [1.54, 1.807) is 6.07 Å². The lowest BCUT2D eigenvalue weighted by molar-refractivity contribution is -0.165. The zero-order valence-electron chi connectivity index (χ0n) is 11.6. The molecule has 0 fully saturated rings. The van der Waals surface area contributed by atoms with E-state index in [0.717, 1.165) is 11.1 Å². The molecule has 0 spiro atoms. The first-order valence-electron chi connectivity index (χ1n) is 6.87. The van der Waals surface area contributed by atoms with Crippen molar-refractivity contribution in [2.24, 2.45) is 0 Å². The first-order chi connectivity index (χ1) is 10.4. The lowest BCUT2D eigenvalue weighted by atomic mass is 9.90. The van der Waals surface area contributed by atoms with Gasteiger partial charge in [-0.1, -0.05) is 42.5 Å². The Morgan fingerprint density at radius 1 is 1.05 bits per heavy atom. The Hall–Kier alpha value is -2.30. The molecule has 0 radical (unpaired) electrons. The summed E-state index contributed by atoms with van der Waals surface area (Å²) in [4.78, 5) is 11.3. The van der Waals surface area contributed by atoms with E-state index in [-0.39, 0.29) is 11.3 Å². The van der Waals surface area contributed by atoms with Crippen molar-refractivity contribution in [3.63, 3.8) is 0 Å². The third-order valence-corrected chi connectivity index (χ3v) is 3.69. The Kier molecular flexibility index (Phi) is 3.64. The number of carbonyl (C=O) groups is 1. The summed E-state index contributed by atoms with van der Waals surface area (Å²) in [6, 6.07) is 14.1. The molecule has 0 aliphatic carbocycles. The number of carbonyl (C=O) groups excluding carboxylic acids is 1. The monoisotopic (exact) mass is 306 g/mol. The number of hydrogen-bond acceptors (Lipinski definition) is 2. The highest BCUT2D eigenvalue weighted by atomic mass is 19.4. The summed E-state index contributed by atoms with van der Waals surface area (Å²) in [6.45, 7) is 0. The van der Waals surface area contributed by atoms with Crippen LogP contribution in [0.5, 0.6) is 5.75 Å². The molecule has 1 unspecified atom stereocenters. The highest BCUT2D eigenvalue weighted by molar-refractivity contribution is 5.76. The van der Waals surface area contributed by atoms with E-state index >= 15 is 0 Å². The third-order valence-electron chi connectivity index (χ3n) is 3.69. The number of alkyl halides is 3. The number of benzene rings is 2. The van der Waals surface area contributed by atoms with E-state index in [1.165, 1.54) is 12.1 Å². The molecule has 2 nitrogen and oxygen atoms in total. The van der Waals surface area contributed by atoms with Crippen LogP contribution in [0.25, 0.3) is 0 Å². The normalized spacial score (nSPS) is 17.8. The molecule has 0 N–H and O–H groups in total. The highest BCUT2D eigenvalue weighted by Crippen LogP contribution is 2.44. The van der Waals surface area contributed by atoms with Crippen molar-refractivity contribution in [1.82, 2.24) is 0 Å². The summed E-state index contributed by atoms with van der Waals surface area (Å²) in [5.41, 5.74) is 1.82. The molecule has 0 saturated heterocycles. The van der Waals surface area contributed by atoms with Gasteiger partial charge in [0.2, 0.25) is 0 Å². The number of fused-ring (bicyclic) bond motifs is 1. The second-order valence-electron chi connectivity index (χ2n) is 5.31. The van der Waals surface area contributed by atoms with Gasteiger partial charge in [-0.15, -0.1) is 0 Å². The number of esters is 1. The van der Waals surface area contributed by atoms with Gasteiger partial charge in [0.25, 0.3) is 0 Å². The van der Waals surface area contributed by atoms with Gasteiger partial charge in [0, 0.05) is 5.56 Å². The van der Waals surface area contributed by atoms with Crippen LogP contribution in [0.15, 0.2) is 48.5 Å². The van der Waals surface area contributed by atoms with Gasteiger partial charge < -0.3 is 4.74 Å². The van der Waals surface area contributed by atoms with Gasteiger partial charge in [0.15, 0.2) is 0 Å². The Morgan fingerprint density at radius 3 is 2.45 bits per heavy atom. The maximum Gasteiger partial charge on any atom is 0.396 e. The van der Waals surface area contributed by atoms with Crippen LogP contribution in [0.2, 0.25) is 0 Å². The molecular weight excluding hydrogens is 293 g/mol. The van der Waals surface area contributed by atoms with Crippen molar-refractivity contribution in [3.05, 3.63) is 65.2 Å². The van der Waals surface area contributed by atoms with Crippen LogP contribution in [0.1, 0.15) is 29.0 Å². The van der Waals surface area contributed by atoms with Crippen molar-refractivity contribution in [3.8, 4) is 5.75 Å². The van der Waals surface area contributed by atoms with Crippen molar-refractivity contribution in [2.45, 2.75) is 24.9 Å². The van der Waals surface area contributed by atoms with Gasteiger partial charge >= 0.3 is 12.1 Å². The predicted molar refractivity (Wildman–Crippen MR) is 74.7 cm³/mol. The number of rotatable bonds is 2. The largest absolute Gasteiger partial charge is 0.426 e. The molecule has 0 bridgehead atoms. The van der Waals surface area contributed by atoms with Crippen molar-refractivity contribution >= 4 is 5.97 Å². The molecule has 3 rings (SSSR count). The van der Waals surface area contributed by atoms with E-state index in [2.05, 4.69) is 0 Å². The van der Waals surface area contributed by atoms with Crippen molar-refractivity contribution in [2.75, 3.05) is 0 Å². The fourth-order valence-corrected chi connectivity index (χ4v) is 2.64. The van der Waals surface area contributed by atoms with Gasteiger partial charge in [-0.25, -0.2) is 0 Å². The summed E-state index contributed by atoms with van der Waals surface area (Å²) in [6.07, 6.45) is -4.59. The summed E-state index contributed by atoms with van der Waals surface area (Å²) in [7, 11) is 0. The van der Waals surface area contributed by atoms with Crippen LogP contribution >= 0.6 is 0 Å². The van der Waals surface area contributed by atoms with Gasteiger partial charge in [-0.3, -0.25) is 4.79 Å². The molecular formula is C17H13F3O2. The Labute approximate surface area is 125 Å². The molecule has 22 heavy (non-hydrogen) atoms. The minimum atomic E-state index is -4.46. The van der Waals surface area contributed by atoms with Gasteiger partial charge in [-0.2, -0.15) is 13.2 Å². The molecule has 0 amide bonds. The third kappa shape index (κ3) is 2.98. The average Bonchev–Trinajstić information content (AvgIpc) is 2.47. The van der Waals surface area contributed by atoms with Gasteiger partial charge in [-0.05, 0) is 23.6 Å². The maximum absolute atomic E-state index is 13.1. The maximum atomic E-state index is 13.1. The Morgan fingerprint density at radius 2 is 1.77 bits per heavy atom. The zero-order valence-corrected chi connectivity index (χ0v) is 11.6. The van der Waals surface area contributed by atoms with E-state index in [9.17, 15) is 18.0 Å². The second-order valence-corrected chi connectivity index (χ2v) is 5.31. The quantitative estimate of drug-likeness (QED) is 0.613. The smallest absolute Gasteiger partial charge is 0.396 e. The average molecular weight is 306 g/mol. The molecule has 1 aliphatic rings. The standard InChI is InChI=1S/C17H13F3O2/c18-17(19,20)14-10-16(21)22-15-7-6-12(9-13(14)15)8-11-4-2-1-3-5-11/h1-7,9,14H,8,10H2.